The summed E-state index contributed by atoms with van der Waals surface area (Å²) in [5.41, 5.74) is 1.39. The molecule has 0 aromatic heterocycles. The van der Waals surface area contributed by atoms with Gasteiger partial charge in [0, 0.05) is 12.0 Å². The molecule has 2 rings (SSSR count). The Morgan fingerprint density at radius 2 is 2.11 bits per heavy atom. The first-order valence-corrected chi connectivity index (χ1v) is 7.75. The molecule has 0 bridgehead atoms. The average molecular weight is 261 g/mol. The van der Waals surface area contributed by atoms with E-state index in [4.69, 9.17) is 4.74 Å². The zero-order valence-corrected chi connectivity index (χ0v) is 12.3. The number of rotatable bonds is 7. The number of ether oxygens (including phenoxy) is 1. The van der Waals surface area contributed by atoms with Crippen LogP contribution in [-0.2, 0) is 0 Å². The van der Waals surface area contributed by atoms with Gasteiger partial charge in [0.2, 0.25) is 0 Å². The normalized spacial score (nSPS) is 19.6. The van der Waals surface area contributed by atoms with E-state index in [1.165, 1.54) is 37.7 Å². The maximum absolute atomic E-state index is 5.76. The highest BCUT2D eigenvalue weighted by Crippen LogP contribution is 2.36. The van der Waals surface area contributed by atoms with Crippen LogP contribution in [-0.4, -0.2) is 19.7 Å². The molecule has 0 fully saturated rings. The molecule has 2 unspecified atom stereocenters. The lowest BCUT2D eigenvalue weighted by Gasteiger charge is -2.32. The molecule has 1 aromatic carbocycles. The molecule has 2 atom stereocenters. The molecule has 1 aromatic rings. The van der Waals surface area contributed by atoms with E-state index in [1.54, 1.807) is 0 Å². The standard InChI is InChI=1S/C17H27NO/c1-3-4-5-6-10-16(18-2)14-12-13-19-17-11-8-7-9-15(14)17/h7-9,11,14,16,18H,3-6,10,12-13H2,1-2H3. The summed E-state index contributed by atoms with van der Waals surface area (Å²) in [5, 5.41) is 3.53. The fourth-order valence-corrected chi connectivity index (χ4v) is 3.13. The van der Waals surface area contributed by atoms with Gasteiger partial charge in [-0.1, -0.05) is 50.8 Å². The number of likely N-dealkylation sites (N-methyl/N-ethyl adjacent to an activating group) is 1. The first-order chi connectivity index (χ1) is 9.36. The number of hydrogen-bond acceptors (Lipinski definition) is 2. The zero-order valence-electron chi connectivity index (χ0n) is 12.3. The summed E-state index contributed by atoms with van der Waals surface area (Å²) in [5.74, 6) is 1.70. The second kappa shape index (κ2) is 7.54. The predicted octanol–water partition coefficient (Wildman–Crippen LogP) is 4.11. The van der Waals surface area contributed by atoms with Gasteiger partial charge in [0.05, 0.1) is 6.61 Å². The Morgan fingerprint density at radius 3 is 2.89 bits per heavy atom. The highest BCUT2D eigenvalue weighted by molar-refractivity contribution is 5.38. The van der Waals surface area contributed by atoms with Crippen molar-refractivity contribution >= 4 is 0 Å². The van der Waals surface area contributed by atoms with E-state index in [0.29, 0.717) is 12.0 Å². The number of benzene rings is 1. The maximum Gasteiger partial charge on any atom is 0.122 e. The SMILES string of the molecule is CCCCCCC(NC)C1CCOc2ccccc21. The molecular formula is C17H27NO. The van der Waals surface area contributed by atoms with Crippen molar-refractivity contribution in [2.24, 2.45) is 0 Å². The number of para-hydroxylation sites is 1. The molecule has 0 aliphatic carbocycles. The molecule has 0 spiro atoms. The van der Waals surface area contributed by atoms with E-state index < -0.39 is 0 Å². The van der Waals surface area contributed by atoms with Crippen LogP contribution in [0.25, 0.3) is 0 Å². The molecule has 0 saturated heterocycles. The van der Waals surface area contributed by atoms with Crippen molar-refractivity contribution in [1.82, 2.24) is 5.32 Å². The van der Waals surface area contributed by atoms with Gasteiger partial charge >= 0.3 is 0 Å². The highest BCUT2D eigenvalue weighted by atomic mass is 16.5. The number of unbranched alkanes of at least 4 members (excludes halogenated alkanes) is 3. The molecule has 1 N–H and O–H groups in total. The lowest BCUT2D eigenvalue weighted by atomic mass is 9.84. The fraction of sp³-hybridized carbons (Fsp3) is 0.647. The Hall–Kier alpha value is -1.02. The lowest BCUT2D eigenvalue weighted by molar-refractivity contribution is 0.243. The molecule has 1 aliphatic heterocycles. The van der Waals surface area contributed by atoms with Crippen molar-refractivity contribution in [2.75, 3.05) is 13.7 Å². The van der Waals surface area contributed by atoms with Crippen LogP contribution in [0.1, 0.15) is 56.9 Å². The highest BCUT2D eigenvalue weighted by Gasteiger charge is 2.27. The van der Waals surface area contributed by atoms with Gasteiger partial charge in [-0.25, -0.2) is 0 Å². The molecule has 106 valence electrons. The predicted molar refractivity (Wildman–Crippen MR) is 80.9 cm³/mol. The fourth-order valence-electron chi connectivity index (χ4n) is 3.13. The van der Waals surface area contributed by atoms with Crippen molar-refractivity contribution in [3.8, 4) is 5.75 Å². The van der Waals surface area contributed by atoms with Crippen molar-refractivity contribution < 1.29 is 4.74 Å². The average Bonchev–Trinajstić information content (AvgIpc) is 2.47. The number of fused-ring (bicyclic) bond motifs is 1. The second-order valence-electron chi connectivity index (χ2n) is 5.53. The smallest absolute Gasteiger partial charge is 0.122 e. The summed E-state index contributed by atoms with van der Waals surface area (Å²) in [6.07, 6.45) is 7.77. The van der Waals surface area contributed by atoms with Crippen molar-refractivity contribution in [3.05, 3.63) is 29.8 Å². The molecule has 1 heterocycles. The van der Waals surface area contributed by atoms with Gasteiger partial charge in [0.1, 0.15) is 5.75 Å². The van der Waals surface area contributed by atoms with E-state index in [1.807, 2.05) is 0 Å². The van der Waals surface area contributed by atoms with Crippen LogP contribution in [0.5, 0.6) is 5.75 Å². The summed E-state index contributed by atoms with van der Waals surface area (Å²) in [6.45, 7) is 3.12. The first kappa shape index (κ1) is 14.4. The molecule has 19 heavy (non-hydrogen) atoms. The van der Waals surface area contributed by atoms with E-state index in [0.717, 1.165) is 18.8 Å². The van der Waals surface area contributed by atoms with Gasteiger partial charge in [-0.15, -0.1) is 0 Å². The Labute approximate surface area is 117 Å². The third-order valence-corrected chi connectivity index (χ3v) is 4.23. The first-order valence-electron chi connectivity index (χ1n) is 7.75. The molecule has 0 radical (unpaired) electrons. The van der Waals surface area contributed by atoms with Crippen molar-refractivity contribution in [1.29, 1.82) is 0 Å². The molecule has 0 amide bonds. The van der Waals surface area contributed by atoms with Gasteiger partial charge in [0.25, 0.3) is 0 Å². The molecule has 0 saturated carbocycles. The van der Waals surface area contributed by atoms with Crippen LogP contribution in [0.3, 0.4) is 0 Å². The maximum atomic E-state index is 5.76. The van der Waals surface area contributed by atoms with Gasteiger partial charge in [-0.05, 0) is 31.5 Å². The number of nitrogens with one attached hydrogen (secondary N) is 1. The second-order valence-corrected chi connectivity index (χ2v) is 5.53. The molecule has 2 nitrogen and oxygen atoms in total. The zero-order chi connectivity index (χ0) is 13.5. The lowest BCUT2D eigenvalue weighted by Crippen LogP contribution is -2.35. The van der Waals surface area contributed by atoms with Gasteiger partial charge < -0.3 is 10.1 Å². The largest absolute Gasteiger partial charge is 0.493 e. The van der Waals surface area contributed by atoms with Gasteiger partial charge in [0.15, 0.2) is 0 Å². The summed E-state index contributed by atoms with van der Waals surface area (Å²) < 4.78 is 5.76. The van der Waals surface area contributed by atoms with E-state index >= 15 is 0 Å². The minimum atomic E-state index is 0.585. The summed E-state index contributed by atoms with van der Waals surface area (Å²) in [4.78, 5) is 0. The van der Waals surface area contributed by atoms with Gasteiger partial charge in [-0.2, -0.15) is 0 Å². The van der Waals surface area contributed by atoms with Crippen LogP contribution in [0.4, 0.5) is 0 Å². The van der Waals surface area contributed by atoms with E-state index in [-0.39, 0.29) is 0 Å². The van der Waals surface area contributed by atoms with Crippen LogP contribution >= 0.6 is 0 Å². The Morgan fingerprint density at radius 1 is 1.26 bits per heavy atom. The van der Waals surface area contributed by atoms with Crippen LogP contribution < -0.4 is 10.1 Å². The summed E-state index contributed by atoms with van der Waals surface area (Å²) in [7, 11) is 2.10. The van der Waals surface area contributed by atoms with Crippen LogP contribution in [0, 0.1) is 0 Å². The van der Waals surface area contributed by atoms with E-state index in [9.17, 15) is 0 Å². The topological polar surface area (TPSA) is 21.3 Å². The Balaban J connectivity index is 1.99. The quantitative estimate of drug-likeness (QED) is 0.746. The van der Waals surface area contributed by atoms with Crippen molar-refractivity contribution in [3.63, 3.8) is 0 Å². The summed E-state index contributed by atoms with van der Waals surface area (Å²) >= 11 is 0. The third-order valence-electron chi connectivity index (χ3n) is 4.23. The Bertz CT molecular complexity index is 377. The molecular weight excluding hydrogens is 234 g/mol. The Kier molecular flexibility index (Phi) is 5.71. The summed E-state index contributed by atoms with van der Waals surface area (Å²) in [6, 6.07) is 9.11. The van der Waals surface area contributed by atoms with Gasteiger partial charge in [-0.3, -0.25) is 0 Å². The monoisotopic (exact) mass is 261 g/mol. The van der Waals surface area contributed by atoms with E-state index in [2.05, 4.69) is 43.6 Å². The third kappa shape index (κ3) is 3.73. The molecule has 2 heteroatoms. The molecule has 1 aliphatic rings. The minimum Gasteiger partial charge on any atom is -0.493 e. The van der Waals surface area contributed by atoms with Crippen molar-refractivity contribution in [2.45, 2.75) is 57.4 Å². The van der Waals surface area contributed by atoms with Crippen LogP contribution in [0.15, 0.2) is 24.3 Å². The van der Waals surface area contributed by atoms with Crippen LogP contribution in [0.2, 0.25) is 0 Å². The minimum absolute atomic E-state index is 0.585. The number of hydrogen-bond donors (Lipinski definition) is 1.